The third-order valence-electron chi connectivity index (χ3n) is 4.90. The maximum atomic E-state index is 13.1. The van der Waals surface area contributed by atoms with Gasteiger partial charge in [-0.15, -0.1) is 5.10 Å². The van der Waals surface area contributed by atoms with Crippen molar-refractivity contribution < 1.29 is 9.59 Å². The molecule has 148 valence electrons. The molecule has 0 fully saturated rings. The van der Waals surface area contributed by atoms with E-state index in [9.17, 15) is 14.4 Å². The Morgan fingerprint density at radius 1 is 1.13 bits per heavy atom. The second kappa shape index (κ2) is 6.60. The standard InChI is InChI=1S/C21H15N5O3S/c1-11-5-4-6-12(9-11)18-23-21-26(24-18)20(29)17(30-21)16-13-7-2-3-8-14(13)25(19(16)28)10-15(22)27/h2-9H,10H2,1H3,(H2,22,27)/b17-16-. The van der Waals surface area contributed by atoms with Gasteiger partial charge in [0.15, 0.2) is 5.82 Å². The number of carbonyl (C=O) groups excluding carboxylic acids is 2. The van der Waals surface area contributed by atoms with Crippen molar-refractivity contribution in [2.75, 3.05) is 11.4 Å². The zero-order valence-electron chi connectivity index (χ0n) is 15.8. The number of aryl methyl sites for hydroxylation is 1. The number of nitrogens with two attached hydrogens (primary N) is 1. The molecular weight excluding hydrogens is 402 g/mol. The largest absolute Gasteiger partial charge is 0.368 e. The fraction of sp³-hybridized carbons (Fsp3) is 0.0952. The first kappa shape index (κ1) is 18.2. The van der Waals surface area contributed by atoms with Crippen LogP contribution in [-0.2, 0) is 9.59 Å². The Labute approximate surface area is 173 Å². The monoisotopic (exact) mass is 417 g/mol. The minimum absolute atomic E-state index is 0.241. The molecule has 0 atom stereocenters. The number of benzene rings is 2. The fourth-order valence-corrected chi connectivity index (χ4v) is 4.60. The fourth-order valence-electron chi connectivity index (χ4n) is 3.60. The first-order chi connectivity index (χ1) is 14.4. The Morgan fingerprint density at radius 2 is 1.93 bits per heavy atom. The summed E-state index contributed by atoms with van der Waals surface area (Å²) in [6.07, 6.45) is 0. The molecule has 2 N–H and O–H groups in total. The van der Waals surface area contributed by atoms with Gasteiger partial charge in [-0.3, -0.25) is 19.3 Å². The van der Waals surface area contributed by atoms with Crippen LogP contribution in [0.3, 0.4) is 0 Å². The molecule has 0 spiro atoms. The van der Waals surface area contributed by atoms with Gasteiger partial charge in [0.25, 0.3) is 11.5 Å². The van der Waals surface area contributed by atoms with Gasteiger partial charge in [0.2, 0.25) is 10.9 Å². The minimum atomic E-state index is -0.632. The van der Waals surface area contributed by atoms with Gasteiger partial charge >= 0.3 is 0 Å². The Bertz CT molecular complexity index is 1470. The molecular formula is C21H15N5O3S. The van der Waals surface area contributed by atoms with E-state index in [1.165, 1.54) is 9.42 Å². The topological polar surface area (TPSA) is 111 Å². The lowest BCUT2D eigenvalue weighted by atomic mass is 10.1. The number of anilines is 1. The zero-order chi connectivity index (χ0) is 21.0. The molecule has 4 aromatic rings. The summed E-state index contributed by atoms with van der Waals surface area (Å²) in [5.41, 5.74) is 8.15. The molecule has 0 saturated carbocycles. The molecule has 1 aliphatic heterocycles. The van der Waals surface area contributed by atoms with Gasteiger partial charge in [-0.25, -0.2) is 0 Å². The van der Waals surface area contributed by atoms with Crippen LogP contribution >= 0.6 is 11.3 Å². The maximum Gasteiger partial charge on any atom is 0.291 e. The number of thiazole rings is 1. The highest BCUT2D eigenvalue weighted by Crippen LogP contribution is 2.34. The van der Waals surface area contributed by atoms with Crippen molar-refractivity contribution in [3.05, 3.63) is 74.5 Å². The van der Waals surface area contributed by atoms with Crippen molar-refractivity contribution in [2.45, 2.75) is 6.92 Å². The number of carbonyl (C=O) groups is 2. The third kappa shape index (κ3) is 2.71. The van der Waals surface area contributed by atoms with Gasteiger partial charge in [-0.1, -0.05) is 53.3 Å². The van der Waals surface area contributed by atoms with Crippen LogP contribution in [0.15, 0.2) is 53.3 Å². The molecule has 5 rings (SSSR count). The molecule has 0 saturated heterocycles. The van der Waals surface area contributed by atoms with E-state index in [-0.39, 0.29) is 16.7 Å². The highest BCUT2D eigenvalue weighted by atomic mass is 32.1. The summed E-state index contributed by atoms with van der Waals surface area (Å²) in [4.78, 5) is 43.8. The molecule has 2 aromatic carbocycles. The Morgan fingerprint density at radius 3 is 2.67 bits per heavy atom. The third-order valence-corrected chi connectivity index (χ3v) is 5.93. The summed E-state index contributed by atoms with van der Waals surface area (Å²) in [7, 11) is 0. The highest BCUT2D eigenvalue weighted by molar-refractivity contribution is 7.15. The van der Waals surface area contributed by atoms with Crippen molar-refractivity contribution in [1.29, 1.82) is 0 Å². The second-order valence-electron chi connectivity index (χ2n) is 6.99. The van der Waals surface area contributed by atoms with Gasteiger partial charge in [-0.2, -0.15) is 9.50 Å². The number of hydrogen-bond donors (Lipinski definition) is 1. The quantitative estimate of drug-likeness (QED) is 0.532. The number of nitrogens with zero attached hydrogens (tertiary/aromatic N) is 4. The number of primary amides is 1. The molecule has 3 heterocycles. The van der Waals surface area contributed by atoms with Crippen molar-refractivity contribution >= 4 is 39.4 Å². The summed E-state index contributed by atoms with van der Waals surface area (Å²) in [6, 6.07) is 14.7. The van der Waals surface area contributed by atoms with Gasteiger partial charge in [0, 0.05) is 11.1 Å². The summed E-state index contributed by atoms with van der Waals surface area (Å²) in [5.74, 6) is -0.616. The molecule has 0 bridgehead atoms. The van der Waals surface area contributed by atoms with Gasteiger partial charge in [0.05, 0.1) is 11.3 Å². The zero-order valence-corrected chi connectivity index (χ0v) is 16.6. The van der Waals surface area contributed by atoms with Crippen LogP contribution in [0.25, 0.3) is 21.9 Å². The van der Waals surface area contributed by atoms with Gasteiger partial charge < -0.3 is 5.73 Å². The highest BCUT2D eigenvalue weighted by Gasteiger charge is 2.35. The molecule has 2 amide bonds. The summed E-state index contributed by atoms with van der Waals surface area (Å²) in [5, 5.41) is 4.36. The number of para-hydroxylation sites is 1. The average molecular weight is 417 g/mol. The van der Waals surface area contributed by atoms with E-state index in [2.05, 4.69) is 10.1 Å². The molecule has 0 radical (unpaired) electrons. The van der Waals surface area contributed by atoms with Crippen LogP contribution in [0.4, 0.5) is 5.69 Å². The predicted molar refractivity (Wildman–Crippen MR) is 113 cm³/mol. The Kier molecular flexibility index (Phi) is 4.00. The molecule has 30 heavy (non-hydrogen) atoms. The van der Waals surface area contributed by atoms with Crippen molar-refractivity contribution in [2.24, 2.45) is 5.73 Å². The summed E-state index contributed by atoms with van der Waals surface area (Å²) in [6.45, 7) is 1.71. The van der Waals surface area contributed by atoms with E-state index in [0.717, 1.165) is 22.5 Å². The minimum Gasteiger partial charge on any atom is -0.368 e. The number of fused-ring (bicyclic) bond motifs is 2. The molecule has 8 nitrogen and oxygen atoms in total. The number of rotatable bonds is 3. The summed E-state index contributed by atoms with van der Waals surface area (Å²) >= 11 is 1.11. The lowest BCUT2D eigenvalue weighted by Gasteiger charge is -2.14. The van der Waals surface area contributed by atoms with Crippen molar-refractivity contribution in [1.82, 2.24) is 14.6 Å². The van der Waals surface area contributed by atoms with E-state index < -0.39 is 17.4 Å². The maximum absolute atomic E-state index is 13.1. The Hall–Kier alpha value is -3.85. The SMILES string of the molecule is Cc1cccc(-c2nc3s/c(=C4\C(=O)N(CC(N)=O)c5ccccc54)c(=O)n3n2)c1. The predicted octanol–water partition coefficient (Wildman–Crippen LogP) is 0.876. The van der Waals surface area contributed by atoms with Crippen LogP contribution in [0.1, 0.15) is 11.1 Å². The number of hydrogen-bond acceptors (Lipinski definition) is 6. The summed E-state index contributed by atoms with van der Waals surface area (Å²) < 4.78 is 1.46. The first-order valence-electron chi connectivity index (χ1n) is 9.14. The molecule has 0 unspecified atom stereocenters. The second-order valence-corrected chi connectivity index (χ2v) is 7.96. The smallest absolute Gasteiger partial charge is 0.291 e. The van der Waals surface area contributed by atoms with Gasteiger partial charge in [0.1, 0.15) is 11.1 Å². The number of amides is 2. The van der Waals surface area contributed by atoms with Crippen LogP contribution in [0.2, 0.25) is 0 Å². The molecule has 2 aromatic heterocycles. The van der Waals surface area contributed by atoms with Crippen LogP contribution in [-0.4, -0.2) is 33.0 Å². The van der Waals surface area contributed by atoms with E-state index in [1.54, 1.807) is 24.3 Å². The molecule has 1 aliphatic rings. The van der Waals surface area contributed by atoms with Crippen LogP contribution in [0, 0.1) is 6.92 Å². The van der Waals surface area contributed by atoms with E-state index in [1.807, 2.05) is 31.2 Å². The normalized spacial score (nSPS) is 15.1. The lowest BCUT2D eigenvalue weighted by molar-refractivity contribution is -0.119. The Balaban J connectivity index is 1.72. The first-order valence-corrected chi connectivity index (χ1v) is 9.96. The van der Waals surface area contributed by atoms with Crippen LogP contribution in [0.5, 0.6) is 0 Å². The van der Waals surface area contributed by atoms with E-state index in [4.69, 9.17) is 5.73 Å². The van der Waals surface area contributed by atoms with Crippen molar-refractivity contribution in [3.8, 4) is 11.4 Å². The van der Waals surface area contributed by atoms with Crippen LogP contribution < -0.4 is 20.7 Å². The molecule has 0 aliphatic carbocycles. The number of aromatic nitrogens is 3. The van der Waals surface area contributed by atoms with Gasteiger partial charge in [-0.05, 0) is 19.1 Å². The van der Waals surface area contributed by atoms with E-state index in [0.29, 0.717) is 22.0 Å². The van der Waals surface area contributed by atoms with Crippen molar-refractivity contribution in [3.63, 3.8) is 0 Å². The van der Waals surface area contributed by atoms with E-state index >= 15 is 0 Å². The molecule has 9 heteroatoms. The average Bonchev–Trinajstić information content (AvgIpc) is 3.34. The lowest BCUT2D eigenvalue weighted by Crippen LogP contribution is -2.37.